The zero-order valence-corrected chi connectivity index (χ0v) is 13.8. The minimum absolute atomic E-state index is 0.0895. The molecule has 0 aliphatic rings. The van der Waals surface area contributed by atoms with Crippen molar-refractivity contribution < 1.29 is 4.39 Å². The zero-order chi connectivity index (χ0) is 16.9. The smallest absolute Gasteiger partial charge is 0.148 e. The number of nitrogens with zero attached hydrogens (tertiary/aromatic N) is 1. The van der Waals surface area contributed by atoms with Gasteiger partial charge in [0.15, 0.2) is 0 Å². The molecule has 0 atom stereocenters. The predicted octanol–water partition coefficient (Wildman–Crippen LogP) is 6.25. The van der Waals surface area contributed by atoms with Crippen molar-refractivity contribution in [1.29, 1.82) is 5.26 Å². The van der Waals surface area contributed by atoms with Crippen LogP contribution in [0, 0.1) is 17.1 Å². The second-order valence-corrected chi connectivity index (χ2v) is 6.13. The van der Waals surface area contributed by atoms with Gasteiger partial charge in [0.2, 0.25) is 0 Å². The van der Waals surface area contributed by atoms with E-state index in [4.69, 9.17) is 5.26 Å². The van der Waals surface area contributed by atoms with Gasteiger partial charge in [0.05, 0.1) is 5.56 Å². The third kappa shape index (κ3) is 3.31. The molecule has 0 bridgehead atoms. The van der Waals surface area contributed by atoms with E-state index in [0.29, 0.717) is 5.39 Å². The van der Waals surface area contributed by atoms with E-state index in [1.807, 2.05) is 18.2 Å². The van der Waals surface area contributed by atoms with Gasteiger partial charge < -0.3 is 0 Å². The molecule has 0 unspecified atom stereocenters. The second kappa shape index (κ2) is 7.27. The Bertz CT molecular complexity index is 888. The first-order chi connectivity index (χ1) is 11.7. The fourth-order valence-corrected chi connectivity index (χ4v) is 3.00. The number of aryl methyl sites for hydroxylation is 1. The van der Waals surface area contributed by atoms with Crippen LogP contribution in [0.4, 0.5) is 4.39 Å². The highest BCUT2D eigenvalue weighted by Gasteiger charge is 2.08. The SMILES string of the molecule is CCCCCc1ccc(-c2ccc3c(F)c(C#N)ccc3c2)cc1. The first-order valence-corrected chi connectivity index (χ1v) is 8.44. The van der Waals surface area contributed by atoms with Gasteiger partial charge in [-0.25, -0.2) is 4.39 Å². The van der Waals surface area contributed by atoms with Crippen LogP contribution < -0.4 is 0 Å². The molecule has 0 aromatic heterocycles. The van der Waals surface area contributed by atoms with E-state index < -0.39 is 5.82 Å². The quantitative estimate of drug-likeness (QED) is 0.510. The minimum atomic E-state index is -0.437. The van der Waals surface area contributed by atoms with Gasteiger partial charge in [-0.2, -0.15) is 5.26 Å². The molecule has 2 heteroatoms. The van der Waals surface area contributed by atoms with E-state index in [1.54, 1.807) is 12.1 Å². The van der Waals surface area contributed by atoms with Crippen LogP contribution in [0.2, 0.25) is 0 Å². The Morgan fingerprint density at radius 2 is 1.67 bits per heavy atom. The summed E-state index contributed by atoms with van der Waals surface area (Å²) in [6.07, 6.45) is 4.85. The van der Waals surface area contributed by atoms with Gasteiger partial charge in [0.1, 0.15) is 11.9 Å². The lowest BCUT2D eigenvalue weighted by molar-refractivity contribution is 0.636. The Hall–Kier alpha value is -2.66. The van der Waals surface area contributed by atoms with Crippen LogP contribution in [-0.4, -0.2) is 0 Å². The van der Waals surface area contributed by atoms with Crippen molar-refractivity contribution in [2.24, 2.45) is 0 Å². The fraction of sp³-hybridized carbons (Fsp3) is 0.227. The molecule has 3 aromatic rings. The Morgan fingerprint density at radius 1 is 0.917 bits per heavy atom. The number of benzene rings is 3. The summed E-state index contributed by atoms with van der Waals surface area (Å²) in [7, 11) is 0. The highest BCUT2D eigenvalue weighted by atomic mass is 19.1. The van der Waals surface area contributed by atoms with E-state index in [9.17, 15) is 4.39 Å². The van der Waals surface area contributed by atoms with E-state index in [2.05, 4.69) is 31.2 Å². The molecule has 0 saturated carbocycles. The summed E-state index contributed by atoms with van der Waals surface area (Å²) < 4.78 is 14.2. The summed E-state index contributed by atoms with van der Waals surface area (Å²) >= 11 is 0. The first-order valence-electron chi connectivity index (χ1n) is 8.44. The number of halogens is 1. The lowest BCUT2D eigenvalue weighted by atomic mass is 9.98. The average Bonchev–Trinajstić information content (AvgIpc) is 2.63. The molecule has 0 fully saturated rings. The van der Waals surface area contributed by atoms with Crippen molar-refractivity contribution >= 4 is 10.8 Å². The van der Waals surface area contributed by atoms with Gasteiger partial charge in [-0.05, 0) is 47.1 Å². The van der Waals surface area contributed by atoms with E-state index >= 15 is 0 Å². The summed E-state index contributed by atoms with van der Waals surface area (Å²) in [5, 5.41) is 10.2. The van der Waals surface area contributed by atoms with Gasteiger partial charge in [-0.1, -0.05) is 62.2 Å². The third-order valence-corrected chi connectivity index (χ3v) is 4.43. The number of fused-ring (bicyclic) bond motifs is 1. The summed E-state index contributed by atoms with van der Waals surface area (Å²) in [6.45, 7) is 2.21. The molecule has 0 N–H and O–H groups in total. The molecule has 0 heterocycles. The number of hydrogen-bond acceptors (Lipinski definition) is 1. The van der Waals surface area contributed by atoms with Crippen LogP contribution in [0.3, 0.4) is 0 Å². The Morgan fingerprint density at radius 3 is 2.38 bits per heavy atom. The van der Waals surface area contributed by atoms with Crippen LogP contribution in [0.25, 0.3) is 21.9 Å². The third-order valence-electron chi connectivity index (χ3n) is 4.43. The van der Waals surface area contributed by atoms with Crippen LogP contribution >= 0.6 is 0 Å². The minimum Gasteiger partial charge on any atom is -0.205 e. The van der Waals surface area contributed by atoms with Crippen LogP contribution in [-0.2, 0) is 6.42 Å². The van der Waals surface area contributed by atoms with Crippen molar-refractivity contribution in [3.63, 3.8) is 0 Å². The Labute approximate surface area is 142 Å². The standard InChI is InChI=1S/C22H20FN/c1-2-3-4-5-16-6-8-17(9-7-16)18-12-13-21-19(14-18)10-11-20(15-24)22(21)23/h6-14H,2-5H2,1H3. The van der Waals surface area contributed by atoms with E-state index in [0.717, 1.165) is 22.9 Å². The molecular formula is C22H20FN. The first kappa shape index (κ1) is 16.2. The molecule has 0 amide bonds. The molecule has 3 rings (SSSR count). The highest BCUT2D eigenvalue weighted by Crippen LogP contribution is 2.27. The highest BCUT2D eigenvalue weighted by molar-refractivity contribution is 5.88. The van der Waals surface area contributed by atoms with E-state index in [-0.39, 0.29) is 5.56 Å². The van der Waals surface area contributed by atoms with Gasteiger partial charge >= 0.3 is 0 Å². The maximum absolute atomic E-state index is 14.2. The Kier molecular flexibility index (Phi) is 4.91. The maximum Gasteiger partial charge on any atom is 0.148 e. The summed E-state index contributed by atoms with van der Waals surface area (Å²) in [5.41, 5.74) is 3.64. The maximum atomic E-state index is 14.2. The number of unbranched alkanes of at least 4 members (excludes halogenated alkanes) is 2. The molecule has 120 valence electrons. The molecule has 24 heavy (non-hydrogen) atoms. The topological polar surface area (TPSA) is 23.8 Å². The molecule has 0 aliphatic carbocycles. The number of nitriles is 1. The van der Waals surface area contributed by atoms with Gasteiger partial charge in [-0.15, -0.1) is 0 Å². The number of hydrogen-bond donors (Lipinski definition) is 0. The molecule has 1 nitrogen and oxygen atoms in total. The average molecular weight is 317 g/mol. The van der Waals surface area contributed by atoms with Gasteiger partial charge in [-0.3, -0.25) is 0 Å². The van der Waals surface area contributed by atoms with Crippen molar-refractivity contribution in [3.05, 3.63) is 71.5 Å². The largest absolute Gasteiger partial charge is 0.205 e. The predicted molar refractivity (Wildman–Crippen MR) is 97.3 cm³/mol. The second-order valence-electron chi connectivity index (χ2n) is 6.13. The molecule has 0 saturated heterocycles. The fourth-order valence-electron chi connectivity index (χ4n) is 3.00. The molecular weight excluding hydrogens is 297 g/mol. The summed E-state index contributed by atoms with van der Waals surface area (Å²) in [5.74, 6) is -0.437. The molecule has 0 aliphatic heterocycles. The molecule has 0 radical (unpaired) electrons. The molecule has 3 aromatic carbocycles. The summed E-state index contributed by atoms with van der Waals surface area (Å²) in [6, 6.07) is 19.5. The Balaban J connectivity index is 1.88. The van der Waals surface area contributed by atoms with Crippen molar-refractivity contribution in [2.75, 3.05) is 0 Å². The van der Waals surface area contributed by atoms with Gasteiger partial charge in [0.25, 0.3) is 0 Å². The molecule has 0 spiro atoms. The van der Waals surface area contributed by atoms with Crippen LogP contribution in [0.5, 0.6) is 0 Å². The monoisotopic (exact) mass is 317 g/mol. The van der Waals surface area contributed by atoms with Crippen molar-refractivity contribution in [1.82, 2.24) is 0 Å². The normalized spacial score (nSPS) is 10.7. The number of rotatable bonds is 5. The van der Waals surface area contributed by atoms with Crippen LogP contribution in [0.1, 0.15) is 37.3 Å². The van der Waals surface area contributed by atoms with E-state index in [1.165, 1.54) is 30.9 Å². The van der Waals surface area contributed by atoms with Crippen molar-refractivity contribution in [2.45, 2.75) is 32.6 Å². The van der Waals surface area contributed by atoms with Crippen molar-refractivity contribution in [3.8, 4) is 17.2 Å². The van der Waals surface area contributed by atoms with Crippen LogP contribution in [0.15, 0.2) is 54.6 Å². The zero-order valence-electron chi connectivity index (χ0n) is 13.8. The lowest BCUT2D eigenvalue weighted by Gasteiger charge is -2.07. The lowest BCUT2D eigenvalue weighted by Crippen LogP contribution is -1.88. The summed E-state index contributed by atoms with van der Waals surface area (Å²) in [4.78, 5) is 0. The van der Waals surface area contributed by atoms with Gasteiger partial charge in [0, 0.05) is 5.39 Å².